The van der Waals surface area contributed by atoms with Gasteiger partial charge in [-0.25, -0.2) is 0 Å². The molecule has 0 heterocycles. The summed E-state index contributed by atoms with van der Waals surface area (Å²) in [5.41, 5.74) is 5.97. The maximum atomic E-state index is 5.97. The van der Waals surface area contributed by atoms with Crippen molar-refractivity contribution >= 4 is 11.8 Å². The first-order valence-electron chi connectivity index (χ1n) is 4.13. The number of thioether (sulfide) groups is 1. The zero-order chi connectivity index (χ0) is 7.40. The van der Waals surface area contributed by atoms with Gasteiger partial charge in [-0.2, -0.15) is 11.8 Å². The summed E-state index contributed by atoms with van der Waals surface area (Å²) < 4.78 is 0. The average Bonchev–Trinajstić information content (AvgIpc) is 2.13. The lowest BCUT2D eigenvalue weighted by atomic mass is 10.1. The molecule has 0 aliphatic heterocycles. The van der Waals surface area contributed by atoms with Crippen LogP contribution in [0.15, 0.2) is 0 Å². The number of hydrogen-bond donors (Lipinski definition) is 1. The summed E-state index contributed by atoms with van der Waals surface area (Å²) in [6, 6.07) is 0.470. The van der Waals surface area contributed by atoms with Crippen LogP contribution in [0.3, 0.4) is 0 Å². The van der Waals surface area contributed by atoms with Gasteiger partial charge in [0.05, 0.1) is 0 Å². The Bertz CT molecular complexity index is 95.3. The van der Waals surface area contributed by atoms with E-state index in [2.05, 4.69) is 6.26 Å². The van der Waals surface area contributed by atoms with Crippen LogP contribution in [0.2, 0.25) is 0 Å². The molecule has 0 saturated heterocycles. The number of hydrogen-bond acceptors (Lipinski definition) is 2. The monoisotopic (exact) mass is 159 g/mol. The lowest BCUT2D eigenvalue weighted by Gasteiger charge is -2.17. The van der Waals surface area contributed by atoms with Gasteiger partial charge in [-0.3, -0.25) is 0 Å². The lowest BCUT2D eigenvalue weighted by molar-refractivity contribution is 0.597. The normalized spacial score (nSPS) is 35.4. The molecule has 2 unspecified atom stereocenters. The van der Waals surface area contributed by atoms with Crippen LogP contribution < -0.4 is 5.73 Å². The second kappa shape index (κ2) is 4.24. The Labute approximate surface area is 67.8 Å². The summed E-state index contributed by atoms with van der Waals surface area (Å²) in [7, 11) is 0. The van der Waals surface area contributed by atoms with Crippen molar-refractivity contribution in [3.63, 3.8) is 0 Å². The highest BCUT2D eigenvalue weighted by atomic mass is 32.2. The van der Waals surface area contributed by atoms with Crippen molar-refractivity contribution in [1.82, 2.24) is 0 Å². The smallest absolute Gasteiger partial charge is 0.0196 e. The van der Waals surface area contributed by atoms with Gasteiger partial charge in [0, 0.05) is 11.3 Å². The van der Waals surface area contributed by atoms with Crippen LogP contribution in [-0.2, 0) is 0 Å². The summed E-state index contributed by atoms with van der Waals surface area (Å²) >= 11 is 1.94. The van der Waals surface area contributed by atoms with Crippen LogP contribution in [-0.4, -0.2) is 17.5 Å². The lowest BCUT2D eigenvalue weighted by Crippen LogP contribution is -2.30. The van der Waals surface area contributed by atoms with E-state index in [1.165, 1.54) is 32.1 Å². The Hall–Kier alpha value is 0.310. The van der Waals surface area contributed by atoms with E-state index in [1.54, 1.807) is 0 Å². The van der Waals surface area contributed by atoms with Gasteiger partial charge in [-0.05, 0) is 19.1 Å². The molecule has 2 N–H and O–H groups in total. The van der Waals surface area contributed by atoms with Crippen LogP contribution in [0.4, 0.5) is 0 Å². The molecule has 1 aliphatic carbocycles. The van der Waals surface area contributed by atoms with Gasteiger partial charge in [0.25, 0.3) is 0 Å². The highest BCUT2D eigenvalue weighted by Crippen LogP contribution is 2.24. The molecular formula is C8H17NS. The number of nitrogens with two attached hydrogens (primary N) is 1. The third-order valence-corrected chi connectivity index (χ3v) is 3.50. The Kier molecular flexibility index (Phi) is 3.57. The van der Waals surface area contributed by atoms with Crippen LogP contribution in [0.1, 0.15) is 32.1 Å². The van der Waals surface area contributed by atoms with Gasteiger partial charge in [0.15, 0.2) is 0 Å². The Balaban J connectivity index is 2.35. The van der Waals surface area contributed by atoms with Crippen LogP contribution in [0.25, 0.3) is 0 Å². The van der Waals surface area contributed by atoms with E-state index in [1.807, 2.05) is 11.8 Å². The molecule has 10 heavy (non-hydrogen) atoms. The largest absolute Gasteiger partial charge is 0.327 e. The van der Waals surface area contributed by atoms with E-state index in [0.717, 1.165) is 5.25 Å². The van der Waals surface area contributed by atoms with Crippen molar-refractivity contribution in [1.29, 1.82) is 0 Å². The number of rotatable bonds is 1. The van der Waals surface area contributed by atoms with Crippen molar-refractivity contribution < 1.29 is 0 Å². The molecule has 0 bridgehead atoms. The molecule has 1 aliphatic rings. The second-order valence-corrected chi connectivity index (χ2v) is 4.15. The minimum atomic E-state index is 0.470. The molecule has 0 aromatic rings. The molecule has 1 nitrogen and oxygen atoms in total. The molecule has 2 atom stereocenters. The second-order valence-electron chi connectivity index (χ2n) is 3.08. The topological polar surface area (TPSA) is 26.0 Å². The molecule has 0 aromatic carbocycles. The molecule has 0 aromatic heterocycles. The quantitative estimate of drug-likeness (QED) is 0.592. The summed E-state index contributed by atoms with van der Waals surface area (Å²) in [4.78, 5) is 0. The fraction of sp³-hybridized carbons (Fsp3) is 1.00. The van der Waals surface area contributed by atoms with Crippen molar-refractivity contribution in [2.75, 3.05) is 6.26 Å². The summed E-state index contributed by atoms with van der Waals surface area (Å²) in [6.45, 7) is 0. The van der Waals surface area contributed by atoms with Crippen molar-refractivity contribution in [2.24, 2.45) is 5.73 Å². The van der Waals surface area contributed by atoms with E-state index in [0.29, 0.717) is 6.04 Å². The van der Waals surface area contributed by atoms with Crippen LogP contribution >= 0.6 is 11.8 Å². The van der Waals surface area contributed by atoms with Gasteiger partial charge in [0.1, 0.15) is 0 Å². The fourth-order valence-electron chi connectivity index (χ4n) is 1.59. The zero-order valence-electron chi connectivity index (χ0n) is 6.68. The van der Waals surface area contributed by atoms with E-state index >= 15 is 0 Å². The standard InChI is InChI=1S/C8H17NS/c1-10-8-6-4-2-3-5-7(8)9/h7-8H,2-6,9H2,1H3. The summed E-state index contributed by atoms with van der Waals surface area (Å²) in [5, 5.41) is 0.738. The highest BCUT2D eigenvalue weighted by molar-refractivity contribution is 7.99. The van der Waals surface area contributed by atoms with Crippen LogP contribution in [0, 0.1) is 0 Å². The van der Waals surface area contributed by atoms with Crippen molar-refractivity contribution in [3.8, 4) is 0 Å². The minimum absolute atomic E-state index is 0.470. The molecule has 0 radical (unpaired) electrons. The summed E-state index contributed by atoms with van der Waals surface area (Å²) in [6.07, 6.45) is 8.88. The first-order chi connectivity index (χ1) is 4.84. The molecule has 0 spiro atoms. The average molecular weight is 159 g/mol. The molecule has 1 fully saturated rings. The van der Waals surface area contributed by atoms with E-state index in [4.69, 9.17) is 5.73 Å². The highest BCUT2D eigenvalue weighted by Gasteiger charge is 2.18. The van der Waals surface area contributed by atoms with Gasteiger partial charge in [0.2, 0.25) is 0 Å². The molecular weight excluding hydrogens is 142 g/mol. The molecule has 2 heteroatoms. The minimum Gasteiger partial charge on any atom is -0.327 e. The fourth-order valence-corrected chi connectivity index (χ4v) is 2.48. The van der Waals surface area contributed by atoms with E-state index in [9.17, 15) is 0 Å². The van der Waals surface area contributed by atoms with Crippen molar-refractivity contribution in [3.05, 3.63) is 0 Å². The van der Waals surface area contributed by atoms with E-state index < -0.39 is 0 Å². The molecule has 0 amide bonds. The SMILES string of the molecule is CSC1CCCCCC1N. The third kappa shape index (κ3) is 2.17. The van der Waals surface area contributed by atoms with Gasteiger partial charge in [-0.1, -0.05) is 19.3 Å². The first-order valence-corrected chi connectivity index (χ1v) is 5.42. The van der Waals surface area contributed by atoms with Crippen LogP contribution in [0.5, 0.6) is 0 Å². The predicted molar refractivity (Wildman–Crippen MR) is 48.4 cm³/mol. The van der Waals surface area contributed by atoms with E-state index in [-0.39, 0.29) is 0 Å². The van der Waals surface area contributed by atoms with Gasteiger partial charge < -0.3 is 5.73 Å². The Morgan fingerprint density at radius 1 is 1.20 bits per heavy atom. The predicted octanol–water partition coefficient (Wildman–Crippen LogP) is 2.01. The molecule has 1 rings (SSSR count). The van der Waals surface area contributed by atoms with Gasteiger partial charge in [-0.15, -0.1) is 0 Å². The van der Waals surface area contributed by atoms with Gasteiger partial charge >= 0.3 is 0 Å². The van der Waals surface area contributed by atoms with Crippen molar-refractivity contribution in [2.45, 2.75) is 43.4 Å². The first kappa shape index (κ1) is 8.41. The molecule has 60 valence electrons. The third-order valence-electron chi connectivity index (χ3n) is 2.31. The molecule has 1 saturated carbocycles. The maximum Gasteiger partial charge on any atom is 0.0196 e. The summed E-state index contributed by atoms with van der Waals surface area (Å²) in [5.74, 6) is 0. The Morgan fingerprint density at radius 2 is 1.90 bits per heavy atom. The Morgan fingerprint density at radius 3 is 2.60 bits per heavy atom. The zero-order valence-corrected chi connectivity index (χ0v) is 7.49. The maximum absolute atomic E-state index is 5.97.